The molecular weight excluding hydrogens is 314 g/mol. The molecule has 2 aromatic rings. The molecule has 1 N–H and O–H groups in total. The monoisotopic (exact) mass is 335 g/mol. The topological polar surface area (TPSA) is 71.6 Å². The van der Waals surface area contributed by atoms with Gasteiger partial charge in [-0.3, -0.25) is 4.79 Å². The van der Waals surface area contributed by atoms with Crippen LogP contribution in [0.15, 0.2) is 53.2 Å². The Kier molecular flexibility index (Phi) is 4.94. The van der Waals surface area contributed by atoms with Crippen LogP contribution in [0.1, 0.15) is 44.2 Å². The summed E-state index contributed by atoms with van der Waals surface area (Å²) in [5.74, 6) is 2.59. The van der Waals surface area contributed by atoms with Crippen molar-refractivity contribution < 1.29 is 4.79 Å². The van der Waals surface area contributed by atoms with E-state index in [9.17, 15) is 4.79 Å². The van der Waals surface area contributed by atoms with Crippen molar-refractivity contribution in [3.05, 3.63) is 48.5 Å². The highest BCUT2D eigenvalue weighted by Gasteiger charge is 2.39. The Bertz CT molecular complexity index is 797. The van der Waals surface area contributed by atoms with E-state index in [2.05, 4.69) is 26.4 Å². The normalized spacial score (nSPS) is 15.4. The maximum absolute atomic E-state index is 12.2. The van der Waals surface area contributed by atoms with Crippen LogP contribution in [-0.2, 0) is 4.79 Å². The van der Waals surface area contributed by atoms with Gasteiger partial charge in [0.05, 0.1) is 12.4 Å². The first-order valence-corrected chi connectivity index (χ1v) is 8.37. The average Bonchev–Trinajstić information content (AvgIpc) is 3.18. The summed E-state index contributed by atoms with van der Waals surface area (Å²) in [6.07, 6.45) is 13.0. The van der Waals surface area contributed by atoms with Crippen LogP contribution >= 0.6 is 0 Å². The Labute approximate surface area is 147 Å². The molecule has 0 radical (unpaired) electrons. The number of nitrogens with one attached hydrogen (secondary N) is 1. The van der Waals surface area contributed by atoms with Gasteiger partial charge >= 0.3 is 0 Å². The molecule has 1 atom stereocenters. The third kappa shape index (κ3) is 4.32. The van der Waals surface area contributed by atoms with Crippen molar-refractivity contribution in [3.8, 4) is 18.0 Å². The van der Waals surface area contributed by atoms with E-state index in [1.165, 1.54) is 0 Å². The molecule has 0 saturated carbocycles. The van der Waals surface area contributed by atoms with Crippen LogP contribution in [0.3, 0.4) is 0 Å². The second-order valence-corrected chi connectivity index (χ2v) is 6.24. The van der Waals surface area contributed by atoms with Crippen molar-refractivity contribution in [3.63, 3.8) is 0 Å². The highest BCUT2D eigenvalue weighted by Crippen LogP contribution is 2.37. The van der Waals surface area contributed by atoms with E-state index in [1.54, 1.807) is 12.5 Å². The van der Waals surface area contributed by atoms with E-state index < -0.39 is 5.66 Å². The van der Waals surface area contributed by atoms with Crippen LogP contribution in [0, 0.1) is 12.3 Å². The molecule has 6 nitrogen and oxygen atoms in total. The molecule has 1 aromatic carbocycles. The smallest absolute Gasteiger partial charge is 0.220 e. The van der Waals surface area contributed by atoms with E-state index >= 15 is 0 Å². The minimum atomic E-state index is -0.408. The predicted octanol–water partition coefficient (Wildman–Crippen LogP) is 3.41. The van der Waals surface area contributed by atoms with Crippen LogP contribution in [-0.4, -0.2) is 21.1 Å². The molecule has 0 spiro atoms. The lowest BCUT2D eigenvalue weighted by Crippen LogP contribution is -2.28. The summed E-state index contributed by atoms with van der Waals surface area (Å²) in [4.78, 5) is 16.3. The Morgan fingerprint density at radius 3 is 2.92 bits per heavy atom. The molecule has 0 fully saturated rings. The first-order valence-electron chi connectivity index (χ1n) is 8.37. The van der Waals surface area contributed by atoms with Gasteiger partial charge in [-0.25, -0.2) is 4.98 Å². The van der Waals surface area contributed by atoms with E-state index in [0.717, 1.165) is 17.7 Å². The zero-order valence-corrected chi connectivity index (χ0v) is 14.2. The molecule has 1 amide bonds. The lowest BCUT2D eigenvalue weighted by molar-refractivity contribution is -0.122. The van der Waals surface area contributed by atoms with Gasteiger partial charge in [0.25, 0.3) is 0 Å². The summed E-state index contributed by atoms with van der Waals surface area (Å²) in [6.45, 7) is 1.98. The van der Waals surface area contributed by atoms with Crippen molar-refractivity contribution in [2.45, 2.75) is 44.3 Å². The van der Waals surface area contributed by atoms with Crippen molar-refractivity contribution >= 4 is 5.91 Å². The number of hydrogen-bond acceptors (Lipinski definition) is 4. The Hall–Kier alpha value is -2.94. The fourth-order valence-corrected chi connectivity index (χ4v) is 2.75. The molecule has 2 heterocycles. The second-order valence-electron chi connectivity index (χ2n) is 6.24. The summed E-state index contributed by atoms with van der Waals surface area (Å²) >= 11 is 0. The van der Waals surface area contributed by atoms with Gasteiger partial charge in [-0.15, -0.1) is 12.3 Å². The molecule has 128 valence electrons. The number of benzene rings is 1. The molecule has 25 heavy (non-hydrogen) atoms. The Balaban J connectivity index is 1.54. The molecular formula is C19H21N5O. The van der Waals surface area contributed by atoms with Gasteiger partial charge < -0.3 is 9.88 Å². The Morgan fingerprint density at radius 2 is 2.24 bits per heavy atom. The molecule has 0 bridgehead atoms. The van der Waals surface area contributed by atoms with E-state index in [4.69, 9.17) is 6.42 Å². The lowest BCUT2D eigenvalue weighted by Gasteiger charge is -2.16. The molecule has 1 unspecified atom stereocenters. The van der Waals surface area contributed by atoms with Gasteiger partial charge in [-0.05, 0) is 24.6 Å². The number of imidazole rings is 1. The number of hydrogen-bond donors (Lipinski definition) is 1. The second kappa shape index (κ2) is 7.31. The molecule has 1 aliphatic heterocycles. The number of nitrogens with zero attached hydrogens (tertiary/aromatic N) is 4. The fourth-order valence-electron chi connectivity index (χ4n) is 2.75. The SMILES string of the molecule is C#CCCC1(CCC(=O)NC(C)c2cccc(-n3ccnc3)c2)N=N1. The number of rotatable bonds is 8. The minimum absolute atomic E-state index is 0.00193. The van der Waals surface area contributed by atoms with Crippen molar-refractivity contribution in [1.29, 1.82) is 0 Å². The van der Waals surface area contributed by atoms with Crippen molar-refractivity contribution in [1.82, 2.24) is 14.9 Å². The largest absolute Gasteiger partial charge is 0.350 e. The minimum Gasteiger partial charge on any atom is -0.350 e. The lowest BCUT2D eigenvalue weighted by atomic mass is 10.0. The van der Waals surface area contributed by atoms with Crippen molar-refractivity contribution in [2.24, 2.45) is 10.2 Å². The predicted molar refractivity (Wildman–Crippen MR) is 95.0 cm³/mol. The zero-order chi connectivity index (χ0) is 17.7. The summed E-state index contributed by atoms with van der Waals surface area (Å²) in [5, 5.41) is 11.2. The molecule has 1 aromatic heterocycles. The maximum atomic E-state index is 12.2. The highest BCUT2D eigenvalue weighted by atomic mass is 16.1. The summed E-state index contributed by atoms with van der Waals surface area (Å²) < 4.78 is 1.93. The van der Waals surface area contributed by atoms with E-state index in [1.807, 2.05) is 42.0 Å². The van der Waals surface area contributed by atoms with Gasteiger partial charge in [0, 0.05) is 43.8 Å². The molecule has 1 aliphatic rings. The number of carbonyl (C=O) groups is 1. The molecule has 3 rings (SSSR count). The number of terminal acetylenes is 1. The number of amides is 1. The first-order chi connectivity index (χ1) is 12.1. The van der Waals surface area contributed by atoms with Gasteiger partial charge in [-0.2, -0.15) is 10.2 Å². The van der Waals surface area contributed by atoms with Crippen LogP contribution in [0.25, 0.3) is 5.69 Å². The standard InChI is InChI=1S/C19H21N5O/c1-3-4-9-19(22-23-19)10-8-18(25)21-15(2)16-6-5-7-17(13-16)24-12-11-20-14-24/h1,5-7,11-15H,4,8-10H2,2H3,(H,21,25). The third-order valence-electron chi connectivity index (χ3n) is 4.36. The van der Waals surface area contributed by atoms with Gasteiger partial charge in [0.1, 0.15) is 0 Å². The third-order valence-corrected chi connectivity index (χ3v) is 4.36. The van der Waals surface area contributed by atoms with Crippen molar-refractivity contribution in [2.75, 3.05) is 0 Å². The molecule has 0 aliphatic carbocycles. The van der Waals surface area contributed by atoms with Crippen LogP contribution < -0.4 is 5.32 Å². The number of carbonyl (C=O) groups excluding carboxylic acids is 1. The number of aromatic nitrogens is 2. The van der Waals surface area contributed by atoms with E-state index in [-0.39, 0.29) is 11.9 Å². The van der Waals surface area contributed by atoms with Gasteiger partial charge in [0.15, 0.2) is 5.66 Å². The Morgan fingerprint density at radius 1 is 1.40 bits per heavy atom. The maximum Gasteiger partial charge on any atom is 0.220 e. The van der Waals surface area contributed by atoms with E-state index in [0.29, 0.717) is 19.3 Å². The highest BCUT2D eigenvalue weighted by molar-refractivity contribution is 5.76. The van der Waals surface area contributed by atoms with Gasteiger partial charge in [0.2, 0.25) is 5.91 Å². The van der Waals surface area contributed by atoms with Crippen LogP contribution in [0.4, 0.5) is 0 Å². The average molecular weight is 335 g/mol. The van der Waals surface area contributed by atoms with Crippen LogP contribution in [0.2, 0.25) is 0 Å². The van der Waals surface area contributed by atoms with Gasteiger partial charge in [-0.1, -0.05) is 12.1 Å². The van der Waals surface area contributed by atoms with Crippen LogP contribution in [0.5, 0.6) is 0 Å². The summed E-state index contributed by atoms with van der Waals surface area (Å²) in [7, 11) is 0. The fraction of sp³-hybridized carbons (Fsp3) is 0.368. The molecule has 6 heteroatoms. The zero-order valence-electron chi connectivity index (χ0n) is 14.2. The molecule has 0 saturated heterocycles. The quantitative estimate of drug-likeness (QED) is 0.751. The summed E-state index contributed by atoms with van der Waals surface area (Å²) in [5.41, 5.74) is 1.65. The summed E-state index contributed by atoms with van der Waals surface area (Å²) in [6, 6.07) is 7.96. The first kappa shape index (κ1) is 16.9.